The molecule has 1 aliphatic rings. The van der Waals surface area contributed by atoms with Gasteiger partial charge >= 0.3 is 0 Å². The first-order valence-corrected chi connectivity index (χ1v) is 7.79. The quantitative estimate of drug-likeness (QED) is 0.885. The Bertz CT molecular complexity index is 435. The first-order chi connectivity index (χ1) is 9.47. The monoisotopic (exact) mass is 275 g/mol. The molecule has 0 fully saturated rings. The van der Waals surface area contributed by atoms with Crippen LogP contribution in [0.3, 0.4) is 0 Å². The van der Waals surface area contributed by atoms with Gasteiger partial charge in [0.2, 0.25) is 0 Å². The van der Waals surface area contributed by atoms with E-state index in [9.17, 15) is 0 Å². The number of hydrogen-bond donors (Lipinski definition) is 1. The molecule has 20 heavy (non-hydrogen) atoms. The summed E-state index contributed by atoms with van der Waals surface area (Å²) in [6.45, 7) is 8.60. The van der Waals surface area contributed by atoms with E-state index < -0.39 is 0 Å². The van der Waals surface area contributed by atoms with E-state index in [0.29, 0.717) is 0 Å². The third-order valence-corrected chi connectivity index (χ3v) is 4.43. The van der Waals surface area contributed by atoms with Gasteiger partial charge in [0.25, 0.3) is 0 Å². The summed E-state index contributed by atoms with van der Waals surface area (Å²) in [6.07, 6.45) is 4.87. The van der Waals surface area contributed by atoms with Gasteiger partial charge in [-0.05, 0) is 57.6 Å². The molecule has 1 unspecified atom stereocenters. The van der Waals surface area contributed by atoms with Crippen molar-refractivity contribution in [3.63, 3.8) is 0 Å². The average Bonchev–Trinajstić information content (AvgIpc) is 2.42. The molecule has 0 saturated heterocycles. The molecule has 0 amide bonds. The predicted molar refractivity (Wildman–Crippen MR) is 85.3 cm³/mol. The summed E-state index contributed by atoms with van der Waals surface area (Å²) in [5.74, 6) is 0. The molecule has 0 heterocycles. The Morgan fingerprint density at radius 1 is 1.25 bits per heavy atom. The van der Waals surface area contributed by atoms with E-state index >= 15 is 0 Å². The standard InChI is InChI=1S/C18H29NO/c1-17(2,3)19-14-18(12-13-20-4)11-7-9-15-8-5-6-10-16(15)18/h5-6,8,10,19H,7,9,11-14H2,1-4H3. The molecule has 1 aromatic carbocycles. The molecule has 2 rings (SSSR count). The molecule has 1 N–H and O–H groups in total. The number of ether oxygens (including phenoxy) is 1. The molecule has 0 bridgehead atoms. The minimum absolute atomic E-state index is 0.159. The smallest absolute Gasteiger partial charge is 0.0471 e. The van der Waals surface area contributed by atoms with Crippen molar-refractivity contribution in [3.05, 3.63) is 35.4 Å². The lowest BCUT2D eigenvalue weighted by molar-refractivity contribution is 0.153. The third kappa shape index (κ3) is 3.62. The van der Waals surface area contributed by atoms with Crippen LogP contribution in [0.15, 0.2) is 24.3 Å². The van der Waals surface area contributed by atoms with E-state index in [2.05, 4.69) is 50.4 Å². The highest BCUT2D eigenvalue weighted by Crippen LogP contribution is 2.40. The summed E-state index contributed by atoms with van der Waals surface area (Å²) in [7, 11) is 1.81. The van der Waals surface area contributed by atoms with Gasteiger partial charge < -0.3 is 10.1 Å². The molecule has 0 radical (unpaired) electrons. The summed E-state index contributed by atoms with van der Waals surface area (Å²) >= 11 is 0. The summed E-state index contributed by atoms with van der Waals surface area (Å²) in [4.78, 5) is 0. The van der Waals surface area contributed by atoms with E-state index in [4.69, 9.17) is 4.74 Å². The largest absolute Gasteiger partial charge is 0.385 e. The van der Waals surface area contributed by atoms with Gasteiger partial charge in [0.1, 0.15) is 0 Å². The summed E-state index contributed by atoms with van der Waals surface area (Å²) < 4.78 is 5.39. The van der Waals surface area contributed by atoms with Crippen molar-refractivity contribution in [2.45, 2.75) is 57.4 Å². The summed E-state index contributed by atoms with van der Waals surface area (Å²) in [5, 5.41) is 3.73. The number of nitrogens with one attached hydrogen (secondary N) is 1. The minimum Gasteiger partial charge on any atom is -0.385 e. The van der Waals surface area contributed by atoms with Crippen molar-refractivity contribution in [1.82, 2.24) is 5.32 Å². The second-order valence-corrected chi connectivity index (χ2v) is 7.14. The van der Waals surface area contributed by atoms with Crippen LogP contribution in [0.4, 0.5) is 0 Å². The maximum atomic E-state index is 5.39. The van der Waals surface area contributed by atoms with Crippen LogP contribution in [-0.4, -0.2) is 25.8 Å². The fraction of sp³-hybridized carbons (Fsp3) is 0.667. The predicted octanol–water partition coefficient (Wildman–Crippen LogP) is 3.69. The number of aryl methyl sites for hydroxylation is 1. The number of rotatable bonds is 5. The van der Waals surface area contributed by atoms with Gasteiger partial charge in [0.05, 0.1) is 0 Å². The average molecular weight is 275 g/mol. The van der Waals surface area contributed by atoms with E-state index in [-0.39, 0.29) is 11.0 Å². The van der Waals surface area contributed by atoms with Crippen LogP contribution >= 0.6 is 0 Å². The number of methoxy groups -OCH3 is 1. The van der Waals surface area contributed by atoms with Crippen molar-refractivity contribution in [1.29, 1.82) is 0 Å². The molecule has 0 saturated carbocycles. The Hall–Kier alpha value is -0.860. The van der Waals surface area contributed by atoms with Crippen LogP contribution in [0.5, 0.6) is 0 Å². The van der Waals surface area contributed by atoms with Crippen LogP contribution in [0, 0.1) is 0 Å². The normalized spacial score (nSPS) is 22.6. The van der Waals surface area contributed by atoms with Crippen LogP contribution in [0.25, 0.3) is 0 Å². The maximum Gasteiger partial charge on any atom is 0.0471 e. The van der Waals surface area contributed by atoms with E-state index in [1.807, 2.05) is 0 Å². The lowest BCUT2D eigenvalue weighted by atomic mass is 9.68. The number of benzene rings is 1. The molecule has 1 atom stereocenters. The molecule has 1 aromatic rings. The molecular formula is C18H29NO. The van der Waals surface area contributed by atoms with Crippen LogP contribution in [0.2, 0.25) is 0 Å². The van der Waals surface area contributed by atoms with Gasteiger partial charge in [0, 0.05) is 31.2 Å². The van der Waals surface area contributed by atoms with Crippen molar-refractivity contribution in [3.8, 4) is 0 Å². The van der Waals surface area contributed by atoms with Gasteiger partial charge in [-0.1, -0.05) is 24.3 Å². The zero-order chi connectivity index (χ0) is 14.6. The molecule has 2 heteroatoms. The Labute approximate surface area is 123 Å². The van der Waals surface area contributed by atoms with Crippen LogP contribution < -0.4 is 5.32 Å². The van der Waals surface area contributed by atoms with Gasteiger partial charge in [0.15, 0.2) is 0 Å². The fourth-order valence-electron chi connectivity index (χ4n) is 3.27. The summed E-state index contributed by atoms with van der Waals surface area (Å²) in [5.41, 5.74) is 3.47. The van der Waals surface area contributed by atoms with Crippen molar-refractivity contribution in [2.75, 3.05) is 20.3 Å². The van der Waals surface area contributed by atoms with Gasteiger partial charge in [-0.25, -0.2) is 0 Å². The van der Waals surface area contributed by atoms with Crippen LogP contribution in [0.1, 0.15) is 51.2 Å². The Morgan fingerprint density at radius 3 is 2.70 bits per heavy atom. The fourth-order valence-corrected chi connectivity index (χ4v) is 3.27. The number of hydrogen-bond acceptors (Lipinski definition) is 2. The molecule has 2 nitrogen and oxygen atoms in total. The molecule has 112 valence electrons. The molecule has 1 aliphatic carbocycles. The Kier molecular flexibility index (Phi) is 4.87. The molecule has 0 aromatic heterocycles. The topological polar surface area (TPSA) is 21.3 Å². The van der Waals surface area contributed by atoms with Gasteiger partial charge in [-0.15, -0.1) is 0 Å². The van der Waals surface area contributed by atoms with E-state index in [1.165, 1.54) is 24.8 Å². The van der Waals surface area contributed by atoms with E-state index in [1.54, 1.807) is 12.7 Å². The SMILES string of the molecule is COCCC1(CNC(C)(C)C)CCCc2ccccc21. The lowest BCUT2D eigenvalue weighted by Gasteiger charge is -2.41. The highest BCUT2D eigenvalue weighted by atomic mass is 16.5. The zero-order valence-electron chi connectivity index (χ0n) is 13.5. The van der Waals surface area contributed by atoms with Gasteiger partial charge in [-0.2, -0.15) is 0 Å². The van der Waals surface area contributed by atoms with Crippen molar-refractivity contribution < 1.29 is 4.74 Å². The molecule has 0 aliphatic heterocycles. The number of fused-ring (bicyclic) bond motifs is 1. The second kappa shape index (κ2) is 6.28. The van der Waals surface area contributed by atoms with Crippen molar-refractivity contribution >= 4 is 0 Å². The van der Waals surface area contributed by atoms with Gasteiger partial charge in [-0.3, -0.25) is 0 Å². The second-order valence-electron chi connectivity index (χ2n) is 7.14. The third-order valence-electron chi connectivity index (χ3n) is 4.43. The first-order valence-electron chi connectivity index (χ1n) is 7.79. The Balaban J connectivity index is 2.28. The summed E-state index contributed by atoms with van der Waals surface area (Å²) in [6, 6.07) is 8.98. The maximum absolute atomic E-state index is 5.39. The van der Waals surface area contributed by atoms with E-state index in [0.717, 1.165) is 19.6 Å². The molecule has 0 spiro atoms. The Morgan fingerprint density at radius 2 is 2.00 bits per heavy atom. The zero-order valence-corrected chi connectivity index (χ0v) is 13.5. The first kappa shape index (κ1) is 15.5. The highest BCUT2D eigenvalue weighted by molar-refractivity contribution is 5.37. The lowest BCUT2D eigenvalue weighted by Crippen LogP contribution is -2.48. The minimum atomic E-state index is 0.159. The van der Waals surface area contributed by atoms with Crippen molar-refractivity contribution in [2.24, 2.45) is 0 Å². The highest BCUT2D eigenvalue weighted by Gasteiger charge is 2.36. The molecular weight excluding hydrogens is 246 g/mol. The van der Waals surface area contributed by atoms with Crippen LogP contribution in [-0.2, 0) is 16.6 Å².